The summed E-state index contributed by atoms with van der Waals surface area (Å²) in [6.45, 7) is 4.07. The lowest BCUT2D eigenvalue weighted by Crippen LogP contribution is -2.51. The van der Waals surface area contributed by atoms with E-state index >= 15 is 0 Å². The van der Waals surface area contributed by atoms with Crippen LogP contribution in [0.15, 0.2) is 10.6 Å². The fraction of sp³-hybridized carbons (Fsp3) is 0.722. The van der Waals surface area contributed by atoms with E-state index < -0.39 is 0 Å². The predicted molar refractivity (Wildman–Crippen MR) is 92.2 cm³/mol. The average molecular weight is 362 g/mol. The smallest absolute Gasteiger partial charge is 0.227 e. The molecule has 2 N–H and O–H groups in total. The summed E-state index contributed by atoms with van der Waals surface area (Å²) in [6.07, 6.45) is 2.90. The minimum atomic E-state index is -0.200. The van der Waals surface area contributed by atoms with Crippen LogP contribution < -0.4 is 10.6 Å². The highest BCUT2D eigenvalue weighted by atomic mass is 16.5. The summed E-state index contributed by atoms with van der Waals surface area (Å²) in [6, 6.07) is 1.93. The van der Waals surface area contributed by atoms with Crippen molar-refractivity contribution in [3.05, 3.63) is 17.5 Å². The van der Waals surface area contributed by atoms with Gasteiger partial charge in [-0.05, 0) is 19.3 Å². The molecule has 3 aliphatic rings. The number of piperidine rings is 1. The maximum absolute atomic E-state index is 12.6. The molecule has 4 rings (SSSR count). The van der Waals surface area contributed by atoms with Gasteiger partial charge < -0.3 is 24.8 Å². The minimum absolute atomic E-state index is 0.0343. The molecule has 3 heterocycles. The van der Waals surface area contributed by atoms with Gasteiger partial charge in [0.2, 0.25) is 11.8 Å². The van der Waals surface area contributed by atoms with Crippen LogP contribution in [0.25, 0.3) is 0 Å². The first kappa shape index (κ1) is 17.5. The predicted octanol–water partition coefficient (Wildman–Crippen LogP) is 0.253. The standard InChI is InChI=1S/C18H26N4O4/c23-17(20-11-15-8-16(26-21-15)12-1-2-12)13-7-14(10-19-9-13)18(24)22-3-5-25-6-4-22/h8,12-14,19H,1-7,9-11H2,(H,20,23)/t13-,14+/m1/s1. The number of rotatable bonds is 5. The van der Waals surface area contributed by atoms with Gasteiger partial charge in [-0.3, -0.25) is 9.59 Å². The summed E-state index contributed by atoms with van der Waals surface area (Å²) in [5.41, 5.74) is 0.755. The third-order valence-corrected chi connectivity index (χ3v) is 5.39. The molecule has 1 aliphatic carbocycles. The van der Waals surface area contributed by atoms with Crippen molar-refractivity contribution in [3.63, 3.8) is 0 Å². The van der Waals surface area contributed by atoms with Gasteiger partial charge in [-0.25, -0.2) is 0 Å². The molecule has 26 heavy (non-hydrogen) atoms. The van der Waals surface area contributed by atoms with E-state index in [1.54, 1.807) is 0 Å². The first-order valence-corrected chi connectivity index (χ1v) is 9.51. The van der Waals surface area contributed by atoms with Crippen LogP contribution in [0, 0.1) is 11.8 Å². The van der Waals surface area contributed by atoms with Crippen LogP contribution >= 0.6 is 0 Å². The number of morpholine rings is 1. The van der Waals surface area contributed by atoms with E-state index in [9.17, 15) is 9.59 Å². The number of nitrogens with zero attached hydrogens (tertiary/aromatic N) is 2. The largest absolute Gasteiger partial charge is 0.378 e. The molecule has 0 spiro atoms. The van der Waals surface area contributed by atoms with Gasteiger partial charge in [-0.1, -0.05) is 5.16 Å². The highest BCUT2D eigenvalue weighted by Crippen LogP contribution is 2.40. The van der Waals surface area contributed by atoms with Crippen molar-refractivity contribution in [1.82, 2.24) is 20.7 Å². The van der Waals surface area contributed by atoms with Gasteiger partial charge in [0, 0.05) is 38.2 Å². The van der Waals surface area contributed by atoms with E-state index in [0.29, 0.717) is 58.3 Å². The third kappa shape index (κ3) is 4.07. The highest BCUT2D eigenvalue weighted by molar-refractivity contribution is 5.83. The summed E-state index contributed by atoms with van der Waals surface area (Å²) < 4.78 is 10.6. The number of carbonyl (C=O) groups is 2. The zero-order chi connectivity index (χ0) is 17.9. The SMILES string of the molecule is O=C(NCc1cc(C2CC2)on1)[C@H]1CNC[C@@H](C(=O)N2CCOCC2)C1. The Labute approximate surface area is 152 Å². The van der Waals surface area contributed by atoms with Gasteiger partial charge in [-0.15, -0.1) is 0 Å². The molecule has 2 aliphatic heterocycles. The molecule has 3 fully saturated rings. The van der Waals surface area contributed by atoms with Crippen molar-refractivity contribution in [2.24, 2.45) is 11.8 Å². The fourth-order valence-electron chi connectivity index (χ4n) is 3.67. The Morgan fingerprint density at radius 1 is 1.23 bits per heavy atom. The van der Waals surface area contributed by atoms with Crippen LogP contribution in [0.5, 0.6) is 0 Å². The van der Waals surface area contributed by atoms with Crippen molar-refractivity contribution in [2.45, 2.75) is 31.7 Å². The number of hydrogen-bond acceptors (Lipinski definition) is 6. The van der Waals surface area contributed by atoms with Crippen molar-refractivity contribution in [3.8, 4) is 0 Å². The average Bonchev–Trinajstić information content (AvgIpc) is 3.44. The maximum Gasteiger partial charge on any atom is 0.227 e. The molecule has 0 aromatic carbocycles. The van der Waals surface area contributed by atoms with Gasteiger partial charge in [0.1, 0.15) is 11.5 Å². The molecule has 0 radical (unpaired) electrons. The Hall–Kier alpha value is -1.93. The lowest BCUT2D eigenvalue weighted by Gasteiger charge is -2.34. The third-order valence-electron chi connectivity index (χ3n) is 5.39. The fourth-order valence-corrected chi connectivity index (χ4v) is 3.67. The molecule has 2 saturated heterocycles. The molecule has 1 saturated carbocycles. The zero-order valence-electron chi connectivity index (χ0n) is 14.9. The Balaban J connectivity index is 1.27. The monoisotopic (exact) mass is 362 g/mol. The molecule has 8 heteroatoms. The molecule has 2 amide bonds. The molecule has 8 nitrogen and oxygen atoms in total. The minimum Gasteiger partial charge on any atom is -0.378 e. The quantitative estimate of drug-likeness (QED) is 0.780. The van der Waals surface area contributed by atoms with Crippen molar-refractivity contribution < 1.29 is 18.8 Å². The lowest BCUT2D eigenvalue weighted by molar-refractivity contribution is -0.141. The number of amides is 2. The lowest BCUT2D eigenvalue weighted by atomic mass is 9.88. The van der Waals surface area contributed by atoms with Crippen LogP contribution in [0.2, 0.25) is 0 Å². The molecule has 2 atom stereocenters. The normalized spacial score (nSPS) is 26.5. The number of hydrogen-bond donors (Lipinski definition) is 2. The van der Waals surface area contributed by atoms with Crippen molar-refractivity contribution in [2.75, 3.05) is 39.4 Å². The Morgan fingerprint density at radius 2 is 2.00 bits per heavy atom. The summed E-state index contributed by atoms with van der Waals surface area (Å²) in [5, 5.41) is 10.2. The number of nitrogens with one attached hydrogen (secondary N) is 2. The van der Waals surface area contributed by atoms with E-state index in [1.165, 1.54) is 0 Å². The second-order valence-electron chi connectivity index (χ2n) is 7.44. The van der Waals surface area contributed by atoms with Crippen LogP contribution in [0.1, 0.15) is 36.6 Å². The topological polar surface area (TPSA) is 96.7 Å². The summed E-state index contributed by atoms with van der Waals surface area (Å²) in [5.74, 6) is 1.18. The molecule has 1 aromatic heterocycles. The van der Waals surface area contributed by atoms with Gasteiger partial charge >= 0.3 is 0 Å². The van der Waals surface area contributed by atoms with Crippen LogP contribution in [-0.4, -0.2) is 61.3 Å². The van der Waals surface area contributed by atoms with Gasteiger partial charge in [-0.2, -0.15) is 0 Å². The number of aromatic nitrogens is 1. The van der Waals surface area contributed by atoms with Crippen LogP contribution in [-0.2, 0) is 20.9 Å². The highest BCUT2D eigenvalue weighted by Gasteiger charge is 2.34. The van der Waals surface area contributed by atoms with Gasteiger partial charge in [0.15, 0.2) is 0 Å². The molecular formula is C18H26N4O4. The Kier molecular flexibility index (Phi) is 5.21. The van der Waals surface area contributed by atoms with E-state index in [1.807, 2.05) is 11.0 Å². The van der Waals surface area contributed by atoms with E-state index in [2.05, 4.69) is 15.8 Å². The van der Waals surface area contributed by atoms with E-state index in [-0.39, 0.29) is 23.7 Å². The molecule has 1 aromatic rings. The second-order valence-corrected chi connectivity index (χ2v) is 7.44. The van der Waals surface area contributed by atoms with Gasteiger partial charge in [0.05, 0.1) is 31.6 Å². The molecular weight excluding hydrogens is 336 g/mol. The van der Waals surface area contributed by atoms with E-state index in [4.69, 9.17) is 9.26 Å². The van der Waals surface area contributed by atoms with Crippen molar-refractivity contribution in [1.29, 1.82) is 0 Å². The van der Waals surface area contributed by atoms with Crippen LogP contribution in [0.3, 0.4) is 0 Å². The zero-order valence-corrected chi connectivity index (χ0v) is 14.9. The molecule has 142 valence electrons. The first-order valence-electron chi connectivity index (χ1n) is 9.51. The summed E-state index contributed by atoms with van der Waals surface area (Å²) in [4.78, 5) is 27.0. The second kappa shape index (κ2) is 7.75. The van der Waals surface area contributed by atoms with Gasteiger partial charge in [0.25, 0.3) is 0 Å². The maximum atomic E-state index is 12.6. The Bertz CT molecular complexity index is 651. The molecule has 0 unspecified atom stereocenters. The van der Waals surface area contributed by atoms with Crippen molar-refractivity contribution >= 4 is 11.8 Å². The summed E-state index contributed by atoms with van der Waals surface area (Å²) >= 11 is 0. The molecule has 0 bridgehead atoms. The Morgan fingerprint density at radius 3 is 2.77 bits per heavy atom. The number of carbonyl (C=O) groups excluding carboxylic acids is 2. The van der Waals surface area contributed by atoms with Crippen LogP contribution in [0.4, 0.5) is 0 Å². The number of ether oxygens (including phenoxy) is 1. The summed E-state index contributed by atoms with van der Waals surface area (Å²) in [7, 11) is 0. The first-order chi connectivity index (χ1) is 12.7. The van der Waals surface area contributed by atoms with E-state index in [0.717, 1.165) is 24.3 Å².